The molecule has 7 heteroatoms. The van der Waals surface area contributed by atoms with Gasteiger partial charge in [0.15, 0.2) is 17.5 Å². The lowest BCUT2D eigenvalue weighted by Crippen LogP contribution is -2.36. The quantitative estimate of drug-likeness (QED) is 0.259. The molecule has 0 aromatic heterocycles. The molecule has 2 aromatic carbocycles. The van der Waals surface area contributed by atoms with Crippen molar-refractivity contribution in [2.45, 2.75) is 13.1 Å². The number of hydrogen-bond acceptors (Lipinski definition) is 4. The number of halogens is 1. The first-order valence-corrected chi connectivity index (χ1v) is 9.38. The van der Waals surface area contributed by atoms with Crippen LogP contribution >= 0.6 is 24.0 Å². The first kappa shape index (κ1) is 22.9. The van der Waals surface area contributed by atoms with Crippen LogP contribution in [0.25, 0.3) is 0 Å². The predicted molar refractivity (Wildman–Crippen MR) is 130 cm³/mol. The van der Waals surface area contributed by atoms with Gasteiger partial charge in [0.2, 0.25) is 0 Å². The van der Waals surface area contributed by atoms with E-state index in [1.54, 1.807) is 21.3 Å². The Morgan fingerprint density at radius 1 is 0.897 bits per heavy atom. The van der Waals surface area contributed by atoms with Gasteiger partial charge in [-0.1, -0.05) is 30.4 Å². The van der Waals surface area contributed by atoms with Crippen LogP contribution in [0.2, 0.25) is 0 Å². The maximum Gasteiger partial charge on any atom is 0.191 e. The van der Waals surface area contributed by atoms with Gasteiger partial charge in [0.1, 0.15) is 0 Å². The highest BCUT2D eigenvalue weighted by Crippen LogP contribution is 2.27. The van der Waals surface area contributed by atoms with Crippen molar-refractivity contribution in [3.63, 3.8) is 0 Å². The molecule has 6 nitrogen and oxygen atoms in total. The Balaban J connectivity index is 0.00000300. The molecule has 0 radical (unpaired) electrons. The molecular weight excluding hydrogens is 479 g/mol. The molecule has 156 valence electrons. The second-order valence-corrected chi connectivity index (χ2v) is 6.51. The Hall–Kier alpha value is -2.42. The Kier molecular flexibility index (Phi) is 9.11. The number of ether oxygens (including phenoxy) is 2. The summed E-state index contributed by atoms with van der Waals surface area (Å²) < 4.78 is 10.6. The van der Waals surface area contributed by atoms with Crippen LogP contribution in [0.5, 0.6) is 11.5 Å². The molecule has 29 heavy (non-hydrogen) atoms. The van der Waals surface area contributed by atoms with Gasteiger partial charge in [-0.05, 0) is 35.4 Å². The molecule has 0 saturated heterocycles. The van der Waals surface area contributed by atoms with E-state index in [-0.39, 0.29) is 24.0 Å². The standard InChI is InChI=1S/C22H28N4O2.HI/c1-23-22(25-16-18-8-11-20(27-2)21(14-18)28-3)24-15-17-6-9-19(10-7-17)26-12-4-5-13-26;/h4-11,14H,12-13,15-16H2,1-3H3,(H2,23,24,25);1H. The molecule has 1 heterocycles. The number of nitrogens with one attached hydrogen (secondary N) is 2. The Bertz CT molecular complexity index is 829. The van der Waals surface area contributed by atoms with E-state index < -0.39 is 0 Å². The zero-order valence-corrected chi connectivity index (χ0v) is 19.5. The monoisotopic (exact) mass is 508 g/mol. The van der Waals surface area contributed by atoms with Crippen LogP contribution < -0.4 is 25.0 Å². The van der Waals surface area contributed by atoms with Gasteiger partial charge in [-0.25, -0.2) is 0 Å². The lowest BCUT2D eigenvalue weighted by Gasteiger charge is -2.18. The summed E-state index contributed by atoms with van der Waals surface area (Å²) in [7, 11) is 5.05. The Labute approximate surface area is 190 Å². The van der Waals surface area contributed by atoms with Gasteiger partial charge in [-0.15, -0.1) is 24.0 Å². The predicted octanol–water partition coefficient (Wildman–Crippen LogP) is 3.56. The number of anilines is 1. The molecule has 2 N–H and O–H groups in total. The number of aliphatic imine (C=N–C) groups is 1. The van der Waals surface area contributed by atoms with Crippen LogP contribution in [0.1, 0.15) is 11.1 Å². The highest BCUT2D eigenvalue weighted by atomic mass is 127. The minimum Gasteiger partial charge on any atom is -0.493 e. The van der Waals surface area contributed by atoms with Crippen molar-refractivity contribution >= 4 is 35.6 Å². The van der Waals surface area contributed by atoms with Crippen LogP contribution in [0.4, 0.5) is 5.69 Å². The minimum absolute atomic E-state index is 0. The number of rotatable bonds is 7. The van der Waals surface area contributed by atoms with E-state index in [0.29, 0.717) is 13.1 Å². The molecule has 0 aliphatic carbocycles. The largest absolute Gasteiger partial charge is 0.493 e. The van der Waals surface area contributed by atoms with Crippen LogP contribution in [-0.4, -0.2) is 40.3 Å². The van der Waals surface area contributed by atoms with Crippen molar-refractivity contribution in [3.05, 3.63) is 65.7 Å². The van der Waals surface area contributed by atoms with Crippen molar-refractivity contribution in [2.75, 3.05) is 39.3 Å². The van der Waals surface area contributed by atoms with E-state index in [9.17, 15) is 0 Å². The lowest BCUT2D eigenvalue weighted by atomic mass is 10.2. The Morgan fingerprint density at radius 2 is 1.48 bits per heavy atom. The van der Waals surface area contributed by atoms with E-state index in [2.05, 4.69) is 56.9 Å². The van der Waals surface area contributed by atoms with Crippen molar-refractivity contribution in [3.8, 4) is 11.5 Å². The third kappa shape index (κ3) is 6.28. The number of nitrogens with zero attached hydrogens (tertiary/aromatic N) is 2. The van der Waals surface area contributed by atoms with E-state index in [0.717, 1.165) is 36.1 Å². The van der Waals surface area contributed by atoms with E-state index in [4.69, 9.17) is 9.47 Å². The van der Waals surface area contributed by atoms with Crippen LogP contribution in [0, 0.1) is 0 Å². The summed E-state index contributed by atoms with van der Waals surface area (Å²) in [4.78, 5) is 6.63. The molecule has 0 unspecified atom stereocenters. The topological polar surface area (TPSA) is 58.1 Å². The van der Waals surface area contributed by atoms with E-state index in [1.807, 2.05) is 18.2 Å². The van der Waals surface area contributed by atoms with Crippen molar-refractivity contribution < 1.29 is 9.47 Å². The summed E-state index contributed by atoms with van der Waals surface area (Å²) >= 11 is 0. The van der Waals surface area contributed by atoms with Gasteiger partial charge in [0.05, 0.1) is 14.2 Å². The van der Waals surface area contributed by atoms with Gasteiger partial charge in [0, 0.05) is 38.9 Å². The molecule has 0 saturated carbocycles. The SMILES string of the molecule is CN=C(NCc1ccc(N2CC=CC2)cc1)NCc1ccc(OC)c(OC)c1.I. The van der Waals surface area contributed by atoms with Gasteiger partial charge in [-0.2, -0.15) is 0 Å². The number of methoxy groups -OCH3 is 2. The average Bonchev–Trinajstić information content (AvgIpc) is 3.29. The Morgan fingerprint density at radius 3 is 2.07 bits per heavy atom. The fourth-order valence-corrected chi connectivity index (χ4v) is 3.10. The minimum atomic E-state index is 0. The summed E-state index contributed by atoms with van der Waals surface area (Å²) in [6.07, 6.45) is 4.40. The molecule has 3 rings (SSSR count). The second kappa shape index (κ2) is 11.5. The van der Waals surface area contributed by atoms with Crippen LogP contribution in [0.3, 0.4) is 0 Å². The van der Waals surface area contributed by atoms with E-state index in [1.165, 1.54) is 11.3 Å². The summed E-state index contributed by atoms with van der Waals surface area (Å²) in [6, 6.07) is 14.5. The molecule has 0 spiro atoms. The molecule has 1 aliphatic heterocycles. The first-order valence-electron chi connectivity index (χ1n) is 9.38. The third-order valence-electron chi connectivity index (χ3n) is 4.71. The van der Waals surface area contributed by atoms with E-state index >= 15 is 0 Å². The third-order valence-corrected chi connectivity index (χ3v) is 4.71. The van der Waals surface area contributed by atoms with Crippen molar-refractivity contribution in [1.29, 1.82) is 0 Å². The number of benzene rings is 2. The van der Waals surface area contributed by atoms with Gasteiger partial charge >= 0.3 is 0 Å². The molecular formula is C22H29IN4O2. The molecule has 0 atom stereocenters. The fourth-order valence-electron chi connectivity index (χ4n) is 3.10. The maximum absolute atomic E-state index is 5.36. The highest BCUT2D eigenvalue weighted by Gasteiger charge is 2.08. The smallest absolute Gasteiger partial charge is 0.191 e. The highest BCUT2D eigenvalue weighted by molar-refractivity contribution is 14.0. The van der Waals surface area contributed by atoms with Gasteiger partial charge < -0.3 is 25.0 Å². The van der Waals surface area contributed by atoms with Crippen molar-refractivity contribution in [1.82, 2.24) is 10.6 Å². The molecule has 0 amide bonds. The molecule has 1 aliphatic rings. The maximum atomic E-state index is 5.36. The normalized spacial score (nSPS) is 13.1. The number of hydrogen-bond donors (Lipinski definition) is 2. The summed E-state index contributed by atoms with van der Waals surface area (Å²) in [5.74, 6) is 2.20. The summed E-state index contributed by atoms with van der Waals surface area (Å²) in [5.41, 5.74) is 3.55. The van der Waals surface area contributed by atoms with Gasteiger partial charge in [0.25, 0.3) is 0 Å². The van der Waals surface area contributed by atoms with Crippen LogP contribution in [0.15, 0.2) is 59.6 Å². The first-order chi connectivity index (χ1) is 13.7. The lowest BCUT2D eigenvalue weighted by molar-refractivity contribution is 0.354. The van der Waals surface area contributed by atoms with Crippen LogP contribution in [-0.2, 0) is 13.1 Å². The zero-order chi connectivity index (χ0) is 19.8. The fraction of sp³-hybridized carbons (Fsp3) is 0.318. The summed E-state index contributed by atoms with van der Waals surface area (Å²) in [5, 5.41) is 6.68. The molecule has 2 aromatic rings. The van der Waals surface area contributed by atoms with Crippen molar-refractivity contribution in [2.24, 2.45) is 4.99 Å². The number of guanidine groups is 1. The molecule has 0 fully saturated rings. The second-order valence-electron chi connectivity index (χ2n) is 6.51. The zero-order valence-electron chi connectivity index (χ0n) is 17.1. The average molecular weight is 508 g/mol. The molecule has 0 bridgehead atoms. The van der Waals surface area contributed by atoms with Gasteiger partial charge in [-0.3, -0.25) is 4.99 Å². The summed E-state index contributed by atoms with van der Waals surface area (Å²) in [6.45, 7) is 3.33.